The minimum atomic E-state index is -0.340. The van der Waals surface area contributed by atoms with Crippen LogP contribution in [0, 0.1) is 0 Å². The van der Waals surface area contributed by atoms with Crippen LogP contribution < -0.4 is 5.73 Å². The van der Waals surface area contributed by atoms with Crippen LogP contribution in [-0.2, 0) is 11.3 Å². The smallest absolute Gasteiger partial charge is 0.348 e. The zero-order chi connectivity index (χ0) is 18.8. The van der Waals surface area contributed by atoms with Gasteiger partial charge in [-0.15, -0.1) is 11.3 Å². The molecule has 1 saturated heterocycles. The number of hydrogen-bond donors (Lipinski definition) is 1. The number of nitrogens with two attached hydrogens (primary N) is 1. The third-order valence-electron chi connectivity index (χ3n) is 4.69. The number of carbonyl (C=O) groups is 1. The second-order valence-electron chi connectivity index (χ2n) is 6.66. The van der Waals surface area contributed by atoms with Crippen molar-refractivity contribution in [3.05, 3.63) is 40.8 Å². The highest BCUT2D eigenvalue weighted by atomic mass is 32.1. The minimum Gasteiger partial charge on any atom is -0.462 e. The summed E-state index contributed by atoms with van der Waals surface area (Å²) >= 11 is 1.28. The molecule has 2 N–H and O–H groups in total. The molecule has 1 fully saturated rings. The zero-order valence-electron chi connectivity index (χ0n) is 15.3. The summed E-state index contributed by atoms with van der Waals surface area (Å²) in [7, 11) is 0. The van der Waals surface area contributed by atoms with E-state index in [2.05, 4.69) is 27.0 Å². The summed E-state index contributed by atoms with van der Waals surface area (Å²) in [5, 5.41) is 0.829. The maximum atomic E-state index is 12.1. The summed E-state index contributed by atoms with van der Waals surface area (Å²) in [6, 6.07) is 10.2. The van der Waals surface area contributed by atoms with Gasteiger partial charge in [-0.2, -0.15) is 0 Å². The quantitative estimate of drug-likeness (QED) is 0.678. The van der Waals surface area contributed by atoms with Gasteiger partial charge in [0.25, 0.3) is 0 Å². The van der Waals surface area contributed by atoms with Crippen LogP contribution in [0.5, 0.6) is 0 Å². The fourth-order valence-corrected chi connectivity index (χ4v) is 4.41. The lowest BCUT2D eigenvalue weighted by molar-refractivity contribution is 0.0532. The van der Waals surface area contributed by atoms with E-state index in [-0.39, 0.29) is 11.9 Å². The molecule has 3 aromatic rings. The Bertz CT molecular complexity index is 979. The van der Waals surface area contributed by atoms with Gasteiger partial charge >= 0.3 is 5.97 Å². The van der Waals surface area contributed by atoms with E-state index in [4.69, 9.17) is 10.5 Å². The number of likely N-dealkylation sites (tertiary alicyclic amines) is 1. The van der Waals surface area contributed by atoms with E-state index in [1.807, 2.05) is 12.1 Å². The first-order valence-electron chi connectivity index (χ1n) is 9.20. The Labute approximate surface area is 162 Å². The number of nitrogens with zero attached hydrogens (tertiary/aromatic N) is 3. The van der Waals surface area contributed by atoms with Crippen LogP contribution in [0.2, 0.25) is 0 Å². The summed E-state index contributed by atoms with van der Waals surface area (Å²) in [5.74, 6) is -0.132. The van der Waals surface area contributed by atoms with Crippen LogP contribution in [0.3, 0.4) is 0 Å². The summed E-state index contributed by atoms with van der Waals surface area (Å²) in [6.07, 6.45) is 2.54. The summed E-state index contributed by atoms with van der Waals surface area (Å²) in [6.45, 7) is 5.38. The number of rotatable bonds is 5. The Kier molecular flexibility index (Phi) is 5.05. The lowest BCUT2D eigenvalue weighted by Gasteiger charge is -2.15. The number of thiophene rings is 1. The van der Waals surface area contributed by atoms with E-state index in [0.717, 1.165) is 36.3 Å². The van der Waals surface area contributed by atoms with E-state index < -0.39 is 0 Å². The van der Waals surface area contributed by atoms with Gasteiger partial charge in [0.2, 0.25) is 5.95 Å². The van der Waals surface area contributed by atoms with E-state index in [9.17, 15) is 4.79 Å². The van der Waals surface area contributed by atoms with Crippen LogP contribution in [0.25, 0.3) is 21.5 Å². The maximum Gasteiger partial charge on any atom is 0.348 e. The molecule has 1 aromatic carbocycles. The van der Waals surface area contributed by atoms with Crippen LogP contribution in [0.15, 0.2) is 30.3 Å². The molecule has 140 valence electrons. The van der Waals surface area contributed by atoms with Gasteiger partial charge in [0, 0.05) is 17.5 Å². The first-order chi connectivity index (χ1) is 13.1. The van der Waals surface area contributed by atoms with Crippen LogP contribution in [0.1, 0.15) is 35.0 Å². The highest BCUT2D eigenvalue weighted by molar-refractivity contribution is 7.20. The molecule has 4 rings (SSSR count). The molecular weight excluding hydrogens is 360 g/mol. The molecule has 3 heterocycles. The standard InChI is InChI=1S/C20H22N4O2S/c1-2-26-19(25)16-11-15-17(22-20(21)23-18(15)27-16)14-7-5-6-13(10-14)12-24-8-3-4-9-24/h5-7,10-11H,2-4,8-9,12H2,1H3,(H2,21,22,23). The lowest BCUT2D eigenvalue weighted by atomic mass is 10.1. The Hall–Kier alpha value is -2.51. The molecule has 1 aliphatic rings. The normalized spacial score (nSPS) is 14.7. The number of fused-ring (bicyclic) bond motifs is 1. The molecule has 0 saturated carbocycles. The number of anilines is 1. The van der Waals surface area contributed by atoms with Crippen molar-refractivity contribution in [2.45, 2.75) is 26.3 Å². The van der Waals surface area contributed by atoms with Crippen molar-refractivity contribution in [1.82, 2.24) is 14.9 Å². The van der Waals surface area contributed by atoms with E-state index in [1.54, 1.807) is 13.0 Å². The van der Waals surface area contributed by atoms with Gasteiger partial charge in [-0.25, -0.2) is 14.8 Å². The molecule has 0 spiro atoms. The van der Waals surface area contributed by atoms with Gasteiger partial charge in [-0.05, 0) is 50.6 Å². The fraction of sp³-hybridized carbons (Fsp3) is 0.350. The Morgan fingerprint density at radius 1 is 1.26 bits per heavy atom. The molecule has 0 atom stereocenters. The van der Waals surface area contributed by atoms with Crippen molar-refractivity contribution in [1.29, 1.82) is 0 Å². The lowest BCUT2D eigenvalue weighted by Crippen LogP contribution is -2.18. The highest BCUT2D eigenvalue weighted by Gasteiger charge is 2.18. The first kappa shape index (κ1) is 17.9. The van der Waals surface area contributed by atoms with Gasteiger partial charge in [0.1, 0.15) is 9.71 Å². The average molecular weight is 382 g/mol. The molecule has 0 radical (unpaired) electrons. The molecule has 7 heteroatoms. The Morgan fingerprint density at radius 3 is 2.85 bits per heavy atom. The number of esters is 1. The van der Waals surface area contributed by atoms with E-state index in [0.29, 0.717) is 16.3 Å². The molecule has 1 aliphatic heterocycles. The summed E-state index contributed by atoms with van der Waals surface area (Å²) < 4.78 is 5.11. The summed E-state index contributed by atoms with van der Waals surface area (Å²) in [4.78, 5) is 24.5. The van der Waals surface area contributed by atoms with Gasteiger partial charge in [0.15, 0.2) is 0 Å². The van der Waals surface area contributed by atoms with Crippen LogP contribution in [0.4, 0.5) is 5.95 Å². The van der Waals surface area contributed by atoms with Crippen LogP contribution in [-0.4, -0.2) is 40.5 Å². The Balaban J connectivity index is 1.73. The maximum absolute atomic E-state index is 12.1. The van der Waals surface area contributed by atoms with E-state index in [1.165, 1.54) is 29.7 Å². The number of aromatic nitrogens is 2. The average Bonchev–Trinajstić information content (AvgIpc) is 3.31. The summed E-state index contributed by atoms with van der Waals surface area (Å²) in [5.41, 5.74) is 8.93. The minimum absolute atomic E-state index is 0.208. The predicted octanol–water partition coefficient (Wildman–Crippen LogP) is 3.71. The predicted molar refractivity (Wildman–Crippen MR) is 108 cm³/mol. The third-order valence-corrected chi connectivity index (χ3v) is 5.70. The third kappa shape index (κ3) is 3.79. The largest absolute Gasteiger partial charge is 0.462 e. The molecule has 0 unspecified atom stereocenters. The molecule has 0 bridgehead atoms. The number of ether oxygens (including phenoxy) is 1. The zero-order valence-corrected chi connectivity index (χ0v) is 16.1. The monoisotopic (exact) mass is 382 g/mol. The molecule has 0 amide bonds. The SMILES string of the molecule is CCOC(=O)c1cc2c(-c3cccc(CN4CCCC4)c3)nc(N)nc2s1. The number of nitrogen functional groups attached to an aromatic ring is 1. The van der Waals surface area contributed by atoms with Gasteiger partial charge < -0.3 is 10.5 Å². The van der Waals surface area contributed by atoms with Crippen molar-refractivity contribution in [2.24, 2.45) is 0 Å². The van der Waals surface area contributed by atoms with Crippen molar-refractivity contribution in [3.63, 3.8) is 0 Å². The number of benzene rings is 1. The van der Waals surface area contributed by atoms with Crippen LogP contribution >= 0.6 is 11.3 Å². The first-order valence-corrected chi connectivity index (χ1v) is 10.0. The van der Waals surface area contributed by atoms with Gasteiger partial charge in [-0.3, -0.25) is 4.90 Å². The number of hydrogen-bond acceptors (Lipinski definition) is 7. The second-order valence-corrected chi connectivity index (χ2v) is 7.69. The van der Waals surface area contributed by atoms with Crippen molar-refractivity contribution >= 4 is 33.5 Å². The van der Waals surface area contributed by atoms with Crippen molar-refractivity contribution in [3.8, 4) is 11.3 Å². The second kappa shape index (κ2) is 7.62. The Morgan fingerprint density at radius 2 is 2.07 bits per heavy atom. The molecule has 27 heavy (non-hydrogen) atoms. The van der Waals surface area contributed by atoms with E-state index >= 15 is 0 Å². The van der Waals surface area contributed by atoms with Gasteiger partial charge in [0.05, 0.1) is 12.3 Å². The van der Waals surface area contributed by atoms with Crippen molar-refractivity contribution < 1.29 is 9.53 Å². The molecule has 0 aliphatic carbocycles. The van der Waals surface area contributed by atoms with Gasteiger partial charge in [-0.1, -0.05) is 18.2 Å². The fourth-order valence-electron chi connectivity index (χ4n) is 3.48. The number of carbonyl (C=O) groups excluding carboxylic acids is 1. The molecular formula is C20H22N4O2S. The van der Waals surface area contributed by atoms with Crippen molar-refractivity contribution in [2.75, 3.05) is 25.4 Å². The topological polar surface area (TPSA) is 81.3 Å². The highest BCUT2D eigenvalue weighted by Crippen LogP contribution is 2.33. The molecule has 2 aromatic heterocycles. The molecule has 6 nitrogen and oxygen atoms in total.